The topological polar surface area (TPSA) is 53.1 Å². The second-order valence-electron chi connectivity index (χ2n) is 3.72. The first-order valence-electron chi connectivity index (χ1n) is 4.42. The summed E-state index contributed by atoms with van der Waals surface area (Å²) >= 11 is 0. The Labute approximate surface area is 77.8 Å². The number of hydrogen-bond donors (Lipinski definition) is 2. The molecule has 3 heteroatoms. The summed E-state index contributed by atoms with van der Waals surface area (Å²) in [5.74, 6) is -0.359. The van der Waals surface area contributed by atoms with Crippen molar-refractivity contribution < 1.29 is 9.90 Å². The molecule has 0 saturated heterocycles. The van der Waals surface area contributed by atoms with Crippen LogP contribution in [0.25, 0.3) is 0 Å². The molecule has 72 valence electrons. The van der Waals surface area contributed by atoms with Crippen LogP contribution >= 0.6 is 0 Å². The molecule has 0 fully saturated rings. The summed E-state index contributed by atoms with van der Waals surface area (Å²) in [6.45, 7) is 5.94. The van der Waals surface area contributed by atoms with Crippen LogP contribution in [0.15, 0.2) is 6.20 Å². The highest BCUT2D eigenvalue weighted by Gasteiger charge is 2.15. The molecule has 1 rings (SSSR count). The van der Waals surface area contributed by atoms with Crippen molar-refractivity contribution in [2.45, 2.75) is 27.2 Å². The van der Waals surface area contributed by atoms with Gasteiger partial charge in [0.2, 0.25) is 0 Å². The van der Waals surface area contributed by atoms with Crippen molar-refractivity contribution in [3.05, 3.63) is 23.0 Å². The largest absolute Gasteiger partial charge is 0.478 e. The van der Waals surface area contributed by atoms with Crippen molar-refractivity contribution in [3.8, 4) is 0 Å². The number of H-pyrrole nitrogens is 1. The summed E-state index contributed by atoms with van der Waals surface area (Å²) in [5.41, 5.74) is 2.08. The third kappa shape index (κ3) is 2.11. The minimum Gasteiger partial charge on any atom is -0.478 e. The average molecular weight is 181 g/mol. The van der Waals surface area contributed by atoms with Crippen molar-refractivity contribution in [2.75, 3.05) is 0 Å². The van der Waals surface area contributed by atoms with Crippen LogP contribution < -0.4 is 0 Å². The molecular weight excluding hydrogens is 166 g/mol. The number of carboxylic acids is 1. The van der Waals surface area contributed by atoms with Crippen LogP contribution in [-0.2, 0) is 6.42 Å². The highest BCUT2D eigenvalue weighted by atomic mass is 16.4. The van der Waals surface area contributed by atoms with Gasteiger partial charge in [-0.3, -0.25) is 0 Å². The molecule has 0 unspecified atom stereocenters. The van der Waals surface area contributed by atoms with E-state index in [0.29, 0.717) is 11.5 Å². The van der Waals surface area contributed by atoms with Crippen molar-refractivity contribution in [3.63, 3.8) is 0 Å². The lowest BCUT2D eigenvalue weighted by Gasteiger charge is -2.03. The second kappa shape index (κ2) is 3.64. The van der Waals surface area contributed by atoms with Crippen molar-refractivity contribution in [1.29, 1.82) is 0 Å². The fraction of sp³-hybridized carbons (Fsp3) is 0.500. The number of rotatable bonds is 3. The van der Waals surface area contributed by atoms with Crippen molar-refractivity contribution in [1.82, 2.24) is 4.98 Å². The molecule has 0 atom stereocenters. The quantitative estimate of drug-likeness (QED) is 0.751. The molecule has 0 aliphatic heterocycles. The van der Waals surface area contributed by atoms with E-state index in [9.17, 15) is 4.79 Å². The molecule has 0 spiro atoms. The molecule has 0 amide bonds. The second-order valence-corrected chi connectivity index (χ2v) is 3.72. The summed E-state index contributed by atoms with van der Waals surface area (Å²) in [6, 6.07) is 0. The Morgan fingerprint density at radius 3 is 2.69 bits per heavy atom. The molecule has 3 nitrogen and oxygen atoms in total. The number of aromatic carboxylic acids is 1. The van der Waals surface area contributed by atoms with E-state index in [0.717, 1.165) is 17.7 Å². The molecule has 13 heavy (non-hydrogen) atoms. The number of nitrogens with one attached hydrogen (secondary N) is 1. The van der Waals surface area contributed by atoms with E-state index in [1.165, 1.54) is 0 Å². The van der Waals surface area contributed by atoms with Gasteiger partial charge in [-0.25, -0.2) is 4.79 Å². The molecule has 0 radical (unpaired) electrons. The molecule has 0 aliphatic carbocycles. The highest BCUT2D eigenvalue weighted by molar-refractivity contribution is 5.90. The van der Waals surface area contributed by atoms with Gasteiger partial charge in [0.25, 0.3) is 0 Å². The maximum Gasteiger partial charge on any atom is 0.337 e. The van der Waals surface area contributed by atoms with Crippen LogP contribution in [-0.4, -0.2) is 16.1 Å². The van der Waals surface area contributed by atoms with E-state index in [-0.39, 0.29) is 0 Å². The number of aromatic amines is 1. The van der Waals surface area contributed by atoms with Gasteiger partial charge in [0, 0.05) is 11.9 Å². The zero-order valence-corrected chi connectivity index (χ0v) is 8.22. The van der Waals surface area contributed by atoms with Gasteiger partial charge >= 0.3 is 5.97 Å². The molecule has 0 aromatic carbocycles. The van der Waals surface area contributed by atoms with Gasteiger partial charge in [0.1, 0.15) is 0 Å². The minimum absolute atomic E-state index is 0.439. The Morgan fingerprint density at radius 2 is 2.23 bits per heavy atom. The van der Waals surface area contributed by atoms with E-state index < -0.39 is 5.97 Å². The lowest BCUT2D eigenvalue weighted by molar-refractivity contribution is 0.0695. The lowest BCUT2D eigenvalue weighted by Crippen LogP contribution is -2.03. The number of aryl methyl sites for hydroxylation is 1. The van der Waals surface area contributed by atoms with Crippen molar-refractivity contribution in [2.24, 2.45) is 5.92 Å². The van der Waals surface area contributed by atoms with E-state index in [2.05, 4.69) is 18.8 Å². The smallest absolute Gasteiger partial charge is 0.337 e. The summed E-state index contributed by atoms with van der Waals surface area (Å²) in [5, 5.41) is 8.93. The summed E-state index contributed by atoms with van der Waals surface area (Å²) in [7, 11) is 0. The van der Waals surface area contributed by atoms with E-state index >= 15 is 0 Å². The first-order valence-corrected chi connectivity index (χ1v) is 4.42. The molecule has 2 N–H and O–H groups in total. The third-order valence-corrected chi connectivity index (χ3v) is 2.00. The molecule has 1 heterocycles. The molecule has 0 saturated carbocycles. The first kappa shape index (κ1) is 9.84. The Kier molecular flexibility index (Phi) is 2.76. The molecular formula is C10H15NO2. The molecule has 0 aliphatic rings. The number of hydrogen-bond acceptors (Lipinski definition) is 1. The van der Waals surface area contributed by atoms with E-state index in [1.54, 1.807) is 13.1 Å². The maximum atomic E-state index is 10.9. The first-order chi connectivity index (χ1) is 6.02. The monoisotopic (exact) mass is 181 g/mol. The fourth-order valence-electron chi connectivity index (χ4n) is 1.48. The number of carbonyl (C=O) groups is 1. The van der Waals surface area contributed by atoms with E-state index in [1.807, 2.05) is 0 Å². The van der Waals surface area contributed by atoms with Crippen LogP contribution in [0, 0.1) is 12.8 Å². The van der Waals surface area contributed by atoms with Gasteiger partial charge in [0.15, 0.2) is 0 Å². The van der Waals surface area contributed by atoms with Gasteiger partial charge in [-0.2, -0.15) is 0 Å². The zero-order chi connectivity index (χ0) is 10.0. The summed E-state index contributed by atoms with van der Waals surface area (Å²) in [6.07, 6.45) is 2.60. The average Bonchev–Trinajstić information content (AvgIpc) is 2.30. The molecule has 0 bridgehead atoms. The standard InChI is InChI=1S/C10H15NO2/c1-6(2)4-8-5-11-7(3)9(8)10(12)13/h5-6,11H,4H2,1-3H3,(H,12,13). The lowest BCUT2D eigenvalue weighted by atomic mass is 10.0. The summed E-state index contributed by atoms with van der Waals surface area (Å²) in [4.78, 5) is 13.8. The van der Waals surface area contributed by atoms with Crippen LogP contribution in [0.1, 0.15) is 35.5 Å². The van der Waals surface area contributed by atoms with Crippen LogP contribution in [0.2, 0.25) is 0 Å². The number of aromatic nitrogens is 1. The zero-order valence-electron chi connectivity index (χ0n) is 8.22. The highest BCUT2D eigenvalue weighted by Crippen LogP contribution is 2.17. The Morgan fingerprint density at radius 1 is 1.62 bits per heavy atom. The van der Waals surface area contributed by atoms with Crippen LogP contribution in [0.3, 0.4) is 0 Å². The third-order valence-electron chi connectivity index (χ3n) is 2.00. The Balaban J connectivity index is 3.00. The van der Waals surface area contributed by atoms with Crippen LogP contribution in [0.5, 0.6) is 0 Å². The van der Waals surface area contributed by atoms with E-state index in [4.69, 9.17) is 5.11 Å². The number of carboxylic acid groups (broad SMARTS) is 1. The Bertz CT molecular complexity index is 313. The van der Waals surface area contributed by atoms with Gasteiger partial charge in [-0.05, 0) is 24.8 Å². The Hall–Kier alpha value is -1.25. The normalized spacial score (nSPS) is 10.8. The fourth-order valence-corrected chi connectivity index (χ4v) is 1.48. The van der Waals surface area contributed by atoms with Gasteiger partial charge < -0.3 is 10.1 Å². The minimum atomic E-state index is -0.839. The van der Waals surface area contributed by atoms with Crippen LogP contribution in [0.4, 0.5) is 0 Å². The summed E-state index contributed by atoms with van der Waals surface area (Å²) < 4.78 is 0. The predicted octanol–water partition coefficient (Wildman–Crippen LogP) is 2.22. The SMILES string of the molecule is Cc1[nH]cc(CC(C)C)c1C(=O)O. The van der Waals surface area contributed by atoms with Gasteiger partial charge in [-0.15, -0.1) is 0 Å². The van der Waals surface area contributed by atoms with Crippen molar-refractivity contribution >= 4 is 5.97 Å². The van der Waals surface area contributed by atoms with Gasteiger partial charge in [0.05, 0.1) is 5.56 Å². The maximum absolute atomic E-state index is 10.9. The molecule has 1 aromatic rings. The predicted molar refractivity (Wildman–Crippen MR) is 51.0 cm³/mol. The van der Waals surface area contributed by atoms with Gasteiger partial charge in [-0.1, -0.05) is 13.8 Å². The molecule has 1 aromatic heterocycles.